The van der Waals surface area contributed by atoms with Gasteiger partial charge in [0.1, 0.15) is 17.6 Å². The molecule has 168 valence electrons. The standard InChI is InChI=1S/C23H27BrClFN2O3/c1-4-15(3)27-23(30)20(5-2)28(13-16-6-9-18(26)10-7-16)22(29)14-31-21-11-8-17(24)12-19(21)25/h6-12,15,20H,4-5,13-14H2,1-3H3,(H,27,30)/t15-,20-/m1/s1. The Morgan fingerprint density at radius 1 is 1.16 bits per heavy atom. The van der Waals surface area contributed by atoms with Crippen molar-refractivity contribution in [3.05, 3.63) is 63.3 Å². The molecule has 0 saturated heterocycles. The van der Waals surface area contributed by atoms with Crippen molar-refractivity contribution in [2.24, 2.45) is 0 Å². The molecule has 2 rings (SSSR count). The second-order valence-corrected chi connectivity index (χ2v) is 8.58. The lowest BCUT2D eigenvalue weighted by molar-refractivity contribution is -0.143. The fourth-order valence-corrected chi connectivity index (χ4v) is 3.69. The Hall–Kier alpha value is -2.12. The maximum Gasteiger partial charge on any atom is 0.261 e. The van der Waals surface area contributed by atoms with Crippen LogP contribution < -0.4 is 10.1 Å². The van der Waals surface area contributed by atoms with E-state index in [1.54, 1.807) is 30.3 Å². The van der Waals surface area contributed by atoms with Gasteiger partial charge in [-0.25, -0.2) is 4.39 Å². The number of rotatable bonds is 10. The minimum atomic E-state index is -0.685. The molecule has 0 radical (unpaired) electrons. The number of ether oxygens (including phenoxy) is 1. The number of hydrogen-bond acceptors (Lipinski definition) is 3. The molecule has 0 unspecified atom stereocenters. The first-order valence-corrected chi connectivity index (χ1v) is 11.3. The minimum absolute atomic E-state index is 0.0119. The molecule has 2 amide bonds. The van der Waals surface area contributed by atoms with E-state index in [1.165, 1.54) is 17.0 Å². The van der Waals surface area contributed by atoms with Crippen molar-refractivity contribution in [3.8, 4) is 5.75 Å². The Balaban J connectivity index is 2.22. The molecular formula is C23H27BrClFN2O3. The number of halogens is 3. The highest BCUT2D eigenvalue weighted by atomic mass is 79.9. The molecule has 0 spiro atoms. The van der Waals surface area contributed by atoms with Gasteiger partial charge < -0.3 is 15.0 Å². The van der Waals surface area contributed by atoms with Crippen LogP contribution in [0.25, 0.3) is 0 Å². The molecule has 0 aromatic heterocycles. The van der Waals surface area contributed by atoms with Crippen molar-refractivity contribution in [2.45, 2.75) is 52.2 Å². The molecule has 31 heavy (non-hydrogen) atoms. The highest BCUT2D eigenvalue weighted by Gasteiger charge is 2.29. The summed E-state index contributed by atoms with van der Waals surface area (Å²) in [6.07, 6.45) is 1.20. The van der Waals surface area contributed by atoms with Crippen LogP contribution in [0.1, 0.15) is 39.2 Å². The molecule has 0 heterocycles. The van der Waals surface area contributed by atoms with Crippen LogP contribution in [0.3, 0.4) is 0 Å². The summed E-state index contributed by atoms with van der Waals surface area (Å²) >= 11 is 9.50. The van der Waals surface area contributed by atoms with Crippen LogP contribution >= 0.6 is 27.5 Å². The monoisotopic (exact) mass is 512 g/mol. The van der Waals surface area contributed by atoms with E-state index in [0.717, 1.165) is 10.9 Å². The Morgan fingerprint density at radius 3 is 2.42 bits per heavy atom. The number of hydrogen-bond donors (Lipinski definition) is 1. The molecule has 5 nitrogen and oxygen atoms in total. The molecular weight excluding hydrogens is 487 g/mol. The van der Waals surface area contributed by atoms with Gasteiger partial charge in [0.2, 0.25) is 5.91 Å². The minimum Gasteiger partial charge on any atom is -0.482 e. The van der Waals surface area contributed by atoms with Gasteiger partial charge in [-0.05, 0) is 55.7 Å². The quantitative estimate of drug-likeness (QED) is 0.466. The maximum atomic E-state index is 13.3. The summed E-state index contributed by atoms with van der Waals surface area (Å²) in [5.41, 5.74) is 0.714. The maximum absolute atomic E-state index is 13.3. The van der Waals surface area contributed by atoms with Crippen LogP contribution in [0.5, 0.6) is 5.75 Å². The zero-order valence-corrected chi connectivity index (χ0v) is 20.2. The van der Waals surface area contributed by atoms with Gasteiger partial charge in [0.25, 0.3) is 5.91 Å². The van der Waals surface area contributed by atoms with Crippen LogP contribution in [0, 0.1) is 5.82 Å². The first kappa shape index (κ1) is 25.1. The predicted molar refractivity (Wildman–Crippen MR) is 124 cm³/mol. The Morgan fingerprint density at radius 2 is 1.84 bits per heavy atom. The lowest BCUT2D eigenvalue weighted by Crippen LogP contribution is -2.51. The van der Waals surface area contributed by atoms with E-state index in [-0.39, 0.29) is 36.8 Å². The third-order valence-corrected chi connectivity index (χ3v) is 5.69. The highest BCUT2D eigenvalue weighted by molar-refractivity contribution is 9.10. The van der Waals surface area contributed by atoms with Crippen molar-refractivity contribution < 1.29 is 18.7 Å². The van der Waals surface area contributed by atoms with Gasteiger partial charge in [-0.2, -0.15) is 0 Å². The molecule has 2 aromatic rings. The Bertz CT molecular complexity index is 895. The molecule has 0 aliphatic rings. The normalized spacial score (nSPS) is 12.7. The smallest absolute Gasteiger partial charge is 0.261 e. The van der Waals surface area contributed by atoms with E-state index in [9.17, 15) is 14.0 Å². The molecule has 1 N–H and O–H groups in total. The number of carbonyl (C=O) groups is 2. The average Bonchev–Trinajstić information content (AvgIpc) is 2.74. The van der Waals surface area contributed by atoms with Crippen molar-refractivity contribution in [3.63, 3.8) is 0 Å². The SMILES string of the molecule is CC[C@@H](C)NC(=O)[C@@H](CC)N(Cc1ccc(F)cc1)C(=O)COc1ccc(Br)cc1Cl. The molecule has 0 saturated carbocycles. The average molecular weight is 514 g/mol. The number of amides is 2. The summed E-state index contributed by atoms with van der Waals surface area (Å²) in [5, 5.41) is 3.31. The summed E-state index contributed by atoms with van der Waals surface area (Å²) in [6.45, 7) is 5.61. The number of nitrogens with one attached hydrogen (secondary N) is 1. The summed E-state index contributed by atoms with van der Waals surface area (Å²) < 4.78 is 19.7. The number of benzene rings is 2. The zero-order valence-electron chi connectivity index (χ0n) is 17.8. The van der Waals surface area contributed by atoms with Crippen LogP contribution in [0.4, 0.5) is 4.39 Å². The summed E-state index contributed by atoms with van der Waals surface area (Å²) in [6, 6.07) is 10.3. The largest absolute Gasteiger partial charge is 0.482 e. The number of carbonyl (C=O) groups excluding carboxylic acids is 2. The van der Waals surface area contributed by atoms with Gasteiger partial charge in [0, 0.05) is 17.1 Å². The van der Waals surface area contributed by atoms with E-state index in [1.807, 2.05) is 20.8 Å². The van der Waals surface area contributed by atoms with Crippen LogP contribution in [0.15, 0.2) is 46.9 Å². The van der Waals surface area contributed by atoms with E-state index >= 15 is 0 Å². The van der Waals surface area contributed by atoms with Crippen molar-refractivity contribution >= 4 is 39.3 Å². The molecule has 0 aliphatic heterocycles. The first-order valence-electron chi connectivity index (χ1n) is 10.2. The first-order chi connectivity index (χ1) is 14.7. The van der Waals surface area contributed by atoms with Crippen LogP contribution in [0.2, 0.25) is 5.02 Å². The lowest BCUT2D eigenvalue weighted by atomic mass is 10.1. The van der Waals surface area contributed by atoms with Crippen molar-refractivity contribution in [2.75, 3.05) is 6.61 Å². The van der Waals surface area contributed by atoms with Gasteiger partial charge in [0.05, 0.1) is 5.02 Å². The van der Waals surface area contributed by atoms with E-state index < -0.39 is 6.04 Å². The van der Waals surface area contributed by atoms with E-state index in [4.69, 9.17) is 16.3 Å². The van der Waals surface area contributed by atoms with Gasteiger partial charge in [-0.3, -0.25) is 9.59 Å². The van der Waals surface area contributed by atoms with Gasteiger partial charge >= 0.3 is 0 Å². The predicted octanol–water partition coefficient (Wildman–Crippen LogP) is 5.34. The summed E-state index contributed by atoms with van der Waals surface area (Å²) in [4.78, 5) is 27.5. The Kier molecular flexibility index (Phi) is 9.78. The van der Waals surface area contributed by atoms with Crippen LogP contribution in [-0.2, 0) is 16.1 Å². The molecule has 2 atom stereocenters. The van der Waals surface area contributed by atoms with Crippen molar-refractivity contribution in [1.29, 1.82) is 0 Å². The van der Waals surface area contributed by atoms with E-state index in [2.05, 4.69) is 21.2 Å². The molecule has 8 heteroatoms. The zero-order chi connectivity index (χ0) is 23.0. The number of nitrogens with zero attached hydrogens (tertiary/aromatic N) is 1. The summed E-state index contributed by atoms with van der Waals surface area (Å²) in [7, 11) is 0. The fourth-order valence-electron chi connectivity index (χ4n) is 2.96. The molecule has 0 aliphatic carbocycles. The second kappa shape index (κ2) is 12.1. The second-order valence-electron chi connectivity index (χ2n) is 7.25. The van der Waals surface area contributed by atoms with Gasteiger partial charge in [-0.15, -0.1) is 0 Å². The van der Waals surface area contributed by atoms with Gasteiger partial charge in [-0.1, -0.05) is 53.5 Å². The van der Waals surface area contributed by atoms with Gasteiger partial charge in [0.15, 0.2) is 6.61 Å². The molecule has 2 aromatic carbocycles. The topological polar surface area (TPSA) is 58.6 Å². The fraction of sp³-hybridized carbons (Fsp3) is 0.391. The Labute approximate surface area is 196 Å². The third-order valence-electron chi connectivity index (χ3n) is 4.90. The van der Waals surface area contributed by atoms with E-state index in [0.29, 0.717) is 22.8 Å². The summed E-state index contributed by atoms with van der Waals surface area (Å²) in [5.74, 6) is -0.586. The van der Waals surface area contributed by atoms with Crippen LogP contribution in [-0.4, -0.2) is 35.4 Å². The lowest BCUT2D eigenvalue weighted by Gasteiger charge is -2.31. The highest BCUT2D eigenvalue weighted by Crippen LogP contribution is 2.28. The molecule has 0 fully saturated rings. The third kappa shape index (κ3) is 7.51. The van der Waals surface area contributed by atoms with Crippen molar-refractivity contribution in [1.82, 2.24) is 10.2 Å². The molecule has 0 bridgehead atoms.